The van der Waals surface area contributed by atoms with E-state index in [9.17, 15) is 4.79 Å². The van der Waals surface area contributed by atoms with Gasteiger partial charge in [-0.1, -0.05) is 17.3 Å². The Morgan fingerprint density at radius 2 is 2.00 bits per heavy atom. The van der Waals surface area contributed by atoms with E-state index in [0.29, 0.717) is 22.9 Å². The zero-order valence-electron chi connectivity index (χ0n) is 14.4. The lowest BCUT2D eigenvalue weighted by atomic mass is 10.2. The third-order valence-electron chi connectivity index (χ3n) is 3.49. The Kier molecular flexibility index (Phi) is 5.64. The molecule has 0 radical (unpaired) electrons. The summed E-state index contributed by atoms with van der Waals surface area (Å²) in [5, 5.41) is 12.6. The molecule has 0 saturated carbocycles. The van der Waals surface area contributed by atoms with Crippen LogP contribution in [-0.2, 0) is 16.1 Å². The molecule has 0 N–H and O–H groups in total. The number of rotatable bonds is 7. The predicted octanol–water partition coefficient (Wildman–Crippen LogP) is 2.74. The van der Waals surface area contributed by atoms with Gasteiger partial charge in [0, 0.05) is 5.56 Å². The first-order chi connectivity index (χ1) is 13.2. The molecule has 27 heavy (non-hydrogen) atoms. The maximum atomic E-state index is 11.8. The number of carbonyl (C=O) groups is 1. The first-order valence-electron chi connectivity index (χ1n) is 7.93. The zero-order chi connectivity index (χ0) is 19.1. The average molecular weight is 365 g/mol. The van der Waals surface area contributed by atoms with Gasteiger partial charge >= 0.3 is 5.97 Å². The van der Waals surface area contributed by atoms with Gasteiger partial charge in [-0.25, -0.2) is 4.79 Å². The molecule has 0 unspecified atom stereocenters. The molecule has 1 heterocycles. The van der Waals surface area contributed by atoms with Crippen LogP contribution in [0.1, 0.15) is 11.5 Å². The quantitative estimate of drug-likeness (QED) is 0.588. The SMILES string of the molecule is COc1cccc(-c2noc(COC(=O)COc3ccc(C#N)cc3)n2)c1. The van der Waals surface area contributed by atoms with Crippen LogP contribution in [0.4, 0.5) is 0 Å². The van der Waals surface area contributed by atoms with Crippen LogP contribution in [0.25, 0.3) is 11.4 Å². The van der Waals surface area contributed by atoms with Gasteiger partial charge in [-0.3, -0.25) is 0 Å². The van der Waals surface area contributed by atoms with Gasteiger partial charge in [0.25, 0.3) is 5.89 Å². The molecular formula is C19H15N3O5. The highest BCUT2D eigenvalue weighted by atomic mass is 16.6. The number of aromatic nitrogens is 2. The molecule has 8 heteroatoms. The summed E-state index contributed by atoms with van der Waals surface area (Å²) in [5.74, 6) is 1.09. The van der Waals surface area contributed by atoms with Crippen molar-refractivity contribution in [2.24, 2.45) is 0 Å². The van der Waals surface area contributed by atoms with Crippen LogP contribution >= 0.6 is 0 Å². The Morgan fingerprint density at radius 3 is 2.74 bits per heavy atom. The lowest BCUT2D eigenvalue weighted by molar-refractivity contribution is -0.148. The number of nitriles is 1. The van der Waals surface area contributed by atoms with Crippen molar-refractivity contribution in [3.8, 4) is 29.0 Å². The molecule has 0 saturated heterocycles. The molecule has 0 fully saturated rings. The first kappa shape index (κ1) is 17.9. The van der Waals surface area contributed by atoms with Gasteiger partial charge in [0.05, 0.1) is 18.7 Å². The molecule has 0 bridgehead atoms. The molecular weight excluding hydrogens is 350 g/mol. The third kappa shape index (κ3) is 4.83. The lowest BCUT2D eigenvalue weighted by Crippen LogP contribution is -2.14. The number of benzene rings is 2. The second-order valence-electron chi connectivity index (χ2n) is 5.33. The van der Waals surface area contributed by atoms with Crippen LogP contribution in [0, 0.1) is 11.3 Å². The van der Waals surface area contributed by atoms with E-state index >= 15 is 0 Å². The number of methoxy groups -OCH3 is 1. The molecule has 3 rings (SSSR count). The maximum Gasteiger partial charge on any atom is 0.344 e. The Bertz CT molecular complexity index is 960. The highest BCUT2D eigenvalue weighted by Crippen LogP contribution is 2.21. The van der Waals surface area contributed by atoms with Crippen LogP contribution in [0.3, 0.4) is 0 Å². The van der Waals surface area contributed by atoms with Crippen molar-refractivity contribution in [1.29, 1.82) is 5.26 Å². The van der Waals surface area contributed by atoms with Gasteiger partial charge in [-0.15, -0.1) is 0 Å². The van der Waals surface area contributed by atoms with E-state index in [4.69, 9.17) is 24.0 Å². The normalized spacial score (nSPS) is 10.1. The maximum absolute atomic E-state index is 11.8. The van der Waals surface area contributed by atoms with Crippen molar-refractivity contribution in [2.45, 2.75) is 6.61 Å². The van der Waals surface area contributed by atoms with Crippen molar-refractivity contribution in [1.82, 2.24) is 10.1 Å². The Hall–Kier alpha value is -3.86. The Balaban J connectivity index is 1.50. The van der Waals surface area contributed by atoms with Crippen LogP contribution in [0.2, 0.25) is 0 Å². The summed E-state index contributed by atoms with van der Waals surface area (Å²) in [5.41, 5.74) is 1.23. The number of ether oxygens (including phenoxy) is 3. The minimum absolute atomic E-state index is 0.160. The topological polar surface area (TPSA) is 107 Å². The van der Waals surface area contributed by atoms with Gasteiger partial charge in [0.1, 0.15) is 11.5 Å². The number of esters is 1. The van der Waals surface area contributed by atoms with Gasteiger partial charge in [-0.05, 0) is 36.4 Å². The van der Waals surface area contributed by atoms with E-state index < -0.39 is 5.97 Å². The summed E-state index contributed by atoms with van der Waals surface area (Å²) < 4.78 is 20.6. The first-order valence-corrected chi connectivity index (χ1v) is 7.93. The molecule has 0 amide bonds. The summed E-state index contributed by atoms with van der Waals surface area (Å²) in [7, 11) is 1.57. The summed E-state index contributed by atoms with van der Waals surface area (Å²) in [4.78, 5) is 16.0. The highest BCUT2D eigenvalue weighted by Gasteiger charge is 2.12. The van der Waals surface area contributed by atoms with Crippen molar-refractivity contribution >= 4 is 5.97 Å². The summed E-state index contributed by atoms with van der Waals surface area (Å²) in [6.07, 6.45) is 0. The van der Waals surface area contributed by atoms with Crippen LogP contribution in [-0.4, -0.2) is 29.8 Å². The molecule has 1 aromatic heterocycles. The molecule has 0 aliphatic rings. The molecule has 0 aliphatic heterocycles. The van der Waals surface area contributed by atoms with Crippen LogP contribution < -0.4 is 9.47 Å². The molecule has 136 valence electrons. The summed E-state index contributed by atoms with van der Waals surface area (Å²) in [6, 6.07) is 15.6. The largest absolute Gasteiger partial charge is 0.497 e. The van der Waals surface area contributed by atoms with E-state index in [0.717, 1.165) is 5.56 Å². The van der Waals surface area contributed by atoms with Gasteiger partial charge < -0.3 is 18.7 Å². The van der Waals surface area contributed by atoms with E-state index in [-0.39, 0.29) is 19.1 Å². The summed E-state index contributed by atoms with van der Waals surface area (Å²) >= 11 is 0. The molecule has 2 aromatic carbocycles. The minimum atomic E-state index is -0.583. The van der Waals surface area contributed by atoms with Gasteiger partial charge in [0.2, 0.25) is 5.82 Å². The smallest absolute Gasteiger partial charge is 0.344 e. The molecule has 3 aromatic rings. The molecule has 0 aliphatic carbocycles. The fourth-order valence-electron chi connectivity index (χ4n) is 2.14. The Morgan fingerprint density at radius 1 is 1.19 bits per heavy atom. The second-order valence-corrected chi connectivity index (χ2v) is 5.33. The van der Waals surface area contributed by atoms with E-state index in [2.05, 4.69) is 10.1 Å². The molecule has 8 nitrogen and oxygen atoms in total. The van der Waals surface area contributed by atoms with Crippen LogP contribution in [0.15, 0.2) is 53.1 Å². The standard InChI is InChI=1S/C19H15N3O5/c1-24-16-4-2-3-14(9-16)19-21-17(27-22-19)11-26-18(23)12-25-15-7-5-13(10-20)6-8-15/h2-9H,11-12H2,1H3. The van der Waals surface area contributed by atoms with E-state index in [1.54, 1.807) is 43.5 Å². The monoisotopic (exact) mass is 365 g/mol. The number of hydrogen-bond donors (Lipinski definition) is 0. The van der Waals surface area contributed by atoms with Crippen molar-refractivity contribution < 1.29 is 23.5 Å². The van der Waals surface area contributed by atoms with Gasteiger partial charge in [0.15, 0.2) is 13.2 Å². The van der Waals surface area contributed by atoms with Crippen molar-refractivity contribution in [3.05, 3.63) is 60.0 Å². The number of carbonyl (C=O) groups excluding carboxylic acids is 1. The van der Waals surface area contributed by atoms with Crippen molar-refractivity contribution in [2.75, 3.05) is 13.7 Å². The average Bonchev–Trinajstić information content (AvgIpc) is 3.20. The highest BCUT2D eigenvalue weighted by molar-refractivity contribution is 5.71. The molecule has 0 spiro atoms. The zero-order valence-corrected chi connectivity index (χ0v) is 14.4. The fraction of sp³-hybridized carbons (Fsp3) is 0.158. The predicted molar refractivity (Wildman–Crippen MR) is 92.7 cm³/mol. The third-order valence-corrected chi connectivity index (χ3v) is 3.49. The second kappa shape index (κ2) is 8.49. The Labute approximate surface area is 154 Å². The number of hydrogen-bond acceptors (Lipinski definition) is 8. The summed E-state index contributed by atoms with van der Waals surface area (Å²) in [6.45, 7) is -0.435. The number of nitrogens with zero attached hydrogens (tertiary/aromatic N) is 3. The van der Waals surface area contributed by atoms with Crippen LogP contribution in [0.5, 0.6) is 11.5 Å². The fourth-order valence-corrected chi connectivity index (χ4v) is 2.14. The van der Waals surface area contributed by atoms with Crippen molar-refractivity contribution in [3.63, 3.8) is 0 Å². The van der Waals surface area contributed by atoms with E-state index in [1.807, 2.05) is 18.2 Å². The van der Waals surface area contributed by atoms with E-state index in [1.165, 1.54) is 0 Å². The van der Waals surface area contributed by atoms with Gasteiger partial charge in [-0.2, -0.15) is 10.2 Å². The molecule has 0 atom stereocenters. The lowest BCUT2D eigenvalue weighted by Gasteiger charge is -2.05. The minimum Gasteiger partial charge on any atom is -0.497 e.